The van der Waals surface area contributed by atoms with Crippen molar-refractivity contribution in [3.8, 4) is 0 Å². The molecule has 8 heteroatoms. The third kappa shape index (κ3) is 7.64. The molecule has 0 amide bonds. The summed E-state index contributed by atoms with van der Waals surface area (Å²) in [5.74, 6) is -1.01. The molecule has 2 atom stereocenters. The normalized spacial score (nSPS) is 14.2. The molecule has 0 radical (unpaired) electrons. The fourth-order valence-electron chi connectivity index (χ4n) is 3.28. The van der Waals surface area contributed by atoms with Gasteiger partial charge in [-0.05, 0) is 30.2 Å². The van der Waals surface area contributed by atoms with Crippen LogP contribution in [0.3, 0.4) is 0 Å². The van der Waals surface area contributed by atoms with Gasteiger partial charge in [0.05, 0.1) is 28.5 Å². The van der Waals surface area contributed by atoms with Gasteiger partial charge in [0.15, 0.2) is 9.84 Å². The van der Waals surface area contributed by atoms with Crippen molar-refractivity contribution in [2.75, 3.05) is 11.5 Å². The molecule has 3 rings (SSSR count). The molecule has 2 unspecified atom stereocenters. The first-order valence-corrected chi connectivity index (χ1v) is 13.7. The maximum absolute atomic E-state index is 12.9. The van der Waals surface area contributed by atoms with Crippen LogP contribution in [-0.2, 0) is 19.9 Å². The van der Waals surface area contributed by atoms with Crippen molar-refractivity contribution in [2.45, 2.75) is 24.0 Å². The number of hydrogen-bond donors (Lipinski definition) is 2. The first kappa shape index (κ1) is 24.9. The van der Waals surface area contributed by atoms with E-state index in [1.807, 2.05) is 37.3 Å². The minimum Gasteiger partial charge on any atom is -0.388 e. The summed E-state index contributed by atoms with van der Waals surface area (Å²) in [7, 11) is -7.78. The monoisotopic (exact) mass is 485 g/mol. The van der Waals surface area contributed by atoms with E-state index in [2.05, 4.69) is 4.72 Å². The lowest BCUT2D eigenvalue weighted by molar-refractivity contribution is 0.247. The van der Waals surface area contributed by atoms with Gasteiger partial charge in [-0.2, -0.15) is 0 Å². The van der Waals surface area contributed by atoms with Crippen LogP contribution in [0.25, 0.3) is 6.08 Å². The highest BCUT2D eigenvalue weighted by Crippen LogP contribution is 2.20. The van der Waals surface area contributed by atoms with E-state index in [9.17, 15) is 21.9 Å². The molecular formula is C25H27NO5S2. The number of nitrogens with one attached hydrogen (secondary N) is 1. The van der Waals surface area contributed by atoms with Crippen LogP contribution in [-0.4, -0.2) is 39.6 Å². The van der Waals surface area contributed by atoms with E-state index >= 15 is 0 Å². The van der Waals surface area contributed by atoms with Crippen LogP contribution in [0.5, 0.6) is 0 Å². The first-order chi connectivity index (χ1) is 15.6. The molecule has 0 saturated heterocycles. The number of hydrogen-bond acceptors (Lipinski definition) is 5. The van der Waals surface area contributed by atoms with Crippen molar-refractivity contribution >= 4 is 25.9 Å². The maximum atomic E-state index is 12.9. The van der Waals surface area contributed by atoms with Crippen LogP contribution < -0.4 is 4.72 Å². The number of aryl methyl sites for hydroxylation is 1. The number of sulfone groups is 1. The summed E-state index contributed by atoms with van der Waals surface area (Å²) >= 11 is 0. The largest absolute Gasteiger partial charge is 0.388 e. The van der Waals surface area contributed by atoms with Gasteiger partial charge in [0.25, 0.3) is 0 Å². The van der Waals surface area contributed by atoms with E-state index in [1.165, 1.54) is 18.2 Å². The van der Waals surface area contributed by atoms with Crippen LogP contribution >= 0.6 is 0 Å². The second-order valence-electron chi connectivity index (χ2n) is 7.81. The Morgan fingerprint density at radius 1 is 0.818 bits per heavy atom. The van der Waals surface area contributed by atoms with Gasteiger partial charge < -0.3 is 5.11 Å². The quantitative estimate of drug-likeness (QED) is 0.458. The van der Waals surface area contributed by atoms with E-state index in [1.54, 1.807) is 48.5 Å². The molecule has 0 aliphatic rings. The zero-order chi connectivity index (χ0) is 23.9. The van der Waals surface area contributed by atoms with Gasteiger partial charge in [0, 0.05) is 0 Å². The summed E-state index contributed by atoms with van der Waals surface area (Å²) in [6.45, 7) is 1.85. The Morgan fingerprint density at radius 3 is 2.00 bits per heavy atom. The summed E-state index contributed by atoms with van der Waals surface area (Å²) in [6, 6.07) is 23.1. The van der Waals surface area contributed by atoms with Crippen molar-refractivity contribution in [2.24, 2.45) is 0 Å². The molecule has 0 spiro atoms. The van der Waals surface area contributed by atoms with Crippen molar-refractivity contribution in [3.63, 3.8) is 0 Å². The predicted molar refractivity (Wildman–Crippen MR) is 131 cm³/mol. The predicted octanol–water partition coefficient (Wildman–Crippen LogP) is 3.50. The minimum absolute atomic E-state index is 0.0530. The number of sulfonamides is 1. The van der Waals surface area contributed by atoms with E-state index in [0.29, 0.717) is 5.56 Å². The second kappa shape index (κ2) is 10.9. The summed E-state index contributed by atoms with van der Waals surface area (Å²) in [6.07, 6.45) is 1.84. The van der Waals surface area contributed by atoms with Crippen molar-refractivity contribution in [1.82, 2.24) is 4.72 Å². The van der Waals surface area contributed by atoms with Gasteiger partial charge in [0.1, 0.15) is 0 Å². The van der Waals surface area contributed by atoms with E-state index in [-0.39, 0.29) is 4.90 Å². The molecule has 0 fully saturated rings. The molecular weight excluding hydrogens is 458 g/mol. The molecule has 0 aliphatic carbocycles. The lowest BCUT2D eigenvalue weighted by Crippen LogP contribution is -2.35. The molecule has 0 aliphatic heterocycles. The van der Waals surface area contributed by atoms with Gasteiger partial charge >= 0.3 is 0 Å². The standard InChI is InChI=1S/C25H27NO5S2/c1-20-12-16-24(17-13-20)33(30,31)26-25(22-10-6-3-7-11-22)19-32(28,29)18-23(27)15-14-21-8-4-2-5-9-21/h2-17,23,25-27H,18-19H2,1H3/b15-14+. The zero-order valence-electron chi connectivity index (χ0n) is 18.2. The Bertz CT molecular complexity index is 1270. The van der Waals surface area contributed by atoms with E-state index in [0.717, 1.165) is 11.1 Å². The molecule has 6 nitrogen and oxygen atoms in total. The summed E-state index contributed by atoms with van der Waals surface area (Å²) in [4.78, 5) is 0.0530. The van der Waals surface area contributed by atoms with Crippen LogP contribution in [0.1, 0.15) is 22.7 Å². The molecule has 3 aromatic carbocycles. The number of aliphatic hydroxyl groups excluding tert-OH is 1. The molecule has 0 bridgehead atoms. The van der Waals surface area contributed by atoms with Gasteiger partial charge in [-0.1, -0.05) is 90.5 Å². The molecule has 33 heavy (non-hydrogen) atoms. The highest BCUT2D eigenvalue weighted by molar-refractivity contribution is 7.91. The summed E-state index contributed by atoms with van der Waals surface area (Å²) in [5, 5.41) is 10.3. The Morgan fingerprint density at radius 2 is 1.39 bits per heavy atom. The minimum atomic E-state index is -3.96. The molecule has 174 valence electrons. The lowest BCUT2D eigenvalue weighted by Gasteiger charge is -2.20. The highest BCUT2D eigenvalue weighted by Gasteiger charge is 2.27. The Kier molecular flexibility index (Phi) is 8.20. The van der Waals surface area contributed by atoms with Gasteiger partial charge in [-0.3, -0.25) is 0 Å². The average Bonchev–Trinajstić information content (AvgIpc) is 2.78. The van der Waals surface area contributed by atoms with Gasteiger partial charge in [0.2, 0.25) is 10.0 Å². The smallest absolute Gasteiger partial charge is 0.241 e. The molecule has 2 N–H and O–H groups in total. The van der Waals surface area contributed by atoms with Crippen molar-refractivity contribution < 1.29 is 21.9 Å². The number of rotatable bonds is 10. The SMILES string of the molecule is Cc1ccc(S(=O)(=O)NC(CS(=O)(=O)CC(O)/C=C/c2ccccc2)c2ccccc2)cc1. The number of benzene rings is 3. The molecule has 3 aromatic rings. The van der Waals surface area contributed by atoms with Crippen LogP contribution in [0.2, 0.25) is 0 Å². The average molecular weight is 486 g/mol. The Balaban J connectivity index is 1.78. The first-order valence-electron chi connectivity index (χ1n) is 10.4. The van der Waals surface area contributed by atoms with Crippen molar-refractivity contribution in [1.29, 1.82) is 0 Å². The topological polar surface area (TPSA) is 101 Å². The maximum Gasteiger partial charge on any atom is 0.241 e. The fourth-order valence-corrected chi connectivity index (χ4v) is 6.16. The lowest BCUT2D eigenvalue weighted by atomic mass is 10.1. The molecule has 0 heterocycles. The molecule has 0 aromatic heterocycles. The van der Waals surface area contributed by atoms with Gasteiger partial charge in [-0.15, -0.1) is 0 Å². The fraction of sp³-hybridized carbons (Fsp3) is 0.200. The number of aliphatic hydroxyl groups is 1. The van der Waals surface area contributed by atoms with Crippen LogP contribution in [0.15, 0.2) is 95.9 Å². The summed E-state index contributed by atoms with van der Waals surface area (Å²) < 4.78 is 54.1. The molecule has 0 saturated carbocycles. The van der Waals surface area contributed by atoms with E-state index in [4.69, 9.17) is 0 Å². The second-order valence-corrected chi connectivity index (χ2v) is 11.7. The van der Waals surface area contributed by atoms with Gasteiger partial charge in [-0.25, -0.2) is 21.6 Å². The third-order valence-electron chi connectivity index (χ3n) is 4.99. The zero-order valence-corrected chi connectivity index (χ0v) is 19.8. The highest BCUT2D eigenvalue weighted by atomic mass is 32.2. The summed E-state index contributed by atoms with van der Waals surface area (Å²) in [5.41, 5.74) is 2.27. The van der Waals surface area contributed by atoms with Crippen LogP contribution in [0.4, 0.5) is 0 Å². The Hall–Kier alpha value is -2.78. The Labute approximate surface area is 195 Å². The van der Waals surface area contributed by atoms with Crippen LogP contribution in [0, 0.1) is 6.92 Å². The van der Waals surface area contributed by atoms with Crippen molar-refractivity contribution in [3.05, 3.63) is 108 Å². The third-order valence-corrected chi connectivity index (χ3v) is 8.16. The van der Waals surface area contributed by atoms with E-state index < -0.39 is 43.5 Å².